The van der Waals surface area contributed by atoms with E-state index in [0.717, 1.165) is 0 Å². The molecule has 3 aromatic rings. The Morgan fingerprint density at radius 2 is 2.15 bits per heavy atom. The highest BCUT2D eigenvalue weighted by molar-refractivity contribution is 5.96. The van der Waals surface area contributed by atoms with Gasteiger partial charge in [0.25, 0.3) is 0 Å². The van der Waals surface area contributed by atoms with Crippen LogP contribution >= 0.6 is 0 Å². The van der Waals surface area contributed by atoms with E-state index in [1.54, 1.807) is 0 Å². The van der Waals surface area contributed by atoms with Crippen LogP contribution < -0.4 is 4.90 Å². The van der Waals surface area contributed by atoms with E-state index in [-0.39, 0.29) is 18.5 Å². The molecule has 0 bridgehead atoms. The topological polar surface area (TPSA) is 101 Å². The minimum atomic E-state index is -4.28. The Balaban J connectivity index is 1.53. The van der Waals surface area contributed by atoms with E-state index in [1.807, 2.05) is 4.90 Å². The molecule has 1 N–H and O–H groups in total. The largest absolute Gasteiger partial charge is 0.389 e. The minimum Gasteiger partial charge on any atom is -0.360 e. The molecule has 0 saturated heterocycles. The van der Waals surface area contributed by atoms with Crippen molar-refractivity contribution in [1.82, 2.24) is 25.1 Å². The number of aromatic nitrogens is 5. The van der Waals surface area contributed by atoms with Gasteiger partial charge in [-0.1, -0.05) is 5.16 Å². The van der Waals surface area contributed by atoms with Crippen molar-refractivity contribution in [3.63, 3.8) is 0 Å². The number of H-pyrrole nitrogens is 1. The average Bonchev–Trinajstić information content (AvgIpc) is 3.26. The summed E-state index contributed by atoms with van der Waals surface area (Å²) < 4.78 is 42.1. The zero-order valence-corrected chi connectivity index (χ0v) is 14.1. The molecule has 142 valence electrons. The number of fused-ring (bicyclic) bond motifs is 2. The third kappa shape index (κ3) is 3.49. The van der Waals surface area contributed by atoms with Crippen molar-refractivity contribution in [2.75, 3.05) is 11.4 Å². The second-order valence-electron chi connectivity index (χ2n) is 6.29. The summed E-state index contributed by atoms with van der Waals surface area (Å²) >= 11 is 0. The van der Waals surface area contributed by atoms with Crippen LogP contribution in [0.4, 0.5) is 19.0 Å². The summed E-state index contributed by atoms with van der Waals surface area (Å²) in [5.41, 5.74) is 1.91. The lowest BCUT2D eigenvalue weighted by Crippen LogP contribution is -2.31. The first kappa shape index (κ1) is 17.4. The monoisotopic (exact) mass is 380 g/mol. The second kappa shape index (κ2) is 6.63. The maximum Gasteiger partial charge on any atom is 0.389 e. The number of rotatable bonds is 5. The zero-order valence-electron chi connectivity index (χ0n) is 14.1. The summed E-state index contributed by atoms with van der Waals surface area (Å²) in [7, 11) is 0. The molecule has 0 atom stereocenters. The molecule has 4 heterocycles. The fourth-order valence-corrected chi connectivity index (χ4v) is 3.17. The Morgan fingerprint density at radius 3 is 2.96 bits per heavy atom. The molecule has 11 heteroatoms. The van der Waals surface area contributed by atoms with E-state index in [1.165, 1.54) is 12.7 Å². The van der Waals surface area contributed by atoms with Crippen LogP contribution in [-0.4, -0.2) is 43.6 Å². The van der Waals surface area contributed by atoms with Crippen LogP contribution in [0.5, 0.6) is 0 Å². The molecule has 8 nitrogen and oxygen atoms in total. The number of carbonyl (C=O) groups is 1. The van der Waals surface area contributed by atoms with E-state index in [0.29, 0.717) is 47.8 Å². The first-order valence-corrected chi connectivity index (χ1v) is 8.39. The van der Waals surface area contributed by atoms with Gasteiger partial charge in [0.2, 0.25) is 0 Å². The summed E-state index contributed by atoms with van der Waals surface area (Å²) in [6.45, 7) is 0.916. The van der Waals surface area contributed by atoms with E-state index in [9.17, 15) is 18.0 Å². The third-order valence-electron chi connectivity index (χ3n) is 4.46. The molecular weight excluding hydrogens is 365 g/mol. The van der Waals surface area contributed by atoms with Crippen molar-refractivity contribution < 1.29 is 22.5 Å². The van der Waals surface area contributed by atoms with Gasteiger partial charge in [0.05, 0.1) is 12.9 Å². The van der Waals surface area contributed by atoms with Gasteiger partial charge in [-0.3, -0.25) is 4.79 Å². The van der Waals surface area contributed by atoms with Crippen molar-refractivity contribution in [2.45, 2.75) is 38.4 Å². The summed E-state index contributed by atoms with van der Waals surface area (Å²) in [6, 6.07) is 0. The van der Waals surface area contributed by atoms with E-state index in [2.05, 4.69) is 25.1 Å². The Morgan fingerprint density at radius 1 is 1.30 bits per heavy atom. The number of aromatic amines is 1. The highest BCUT2D eigenvalue weighted by Gasteiger charge is 2.30. The number of alkyl halides is 3. The van der Waals surface area contributed by atoms with Crippen molar-refractivity contribution in [3.05, 3.63) is 29.7 Å². The number of imidazole rings is 1. The lowest BCUT2D eigenvalue weighted by atomic mass is 10.0. The lowest BCUT2D eigenvalue weighted by molar-refractivity contribution is -0.135. The van der Waals surface area contributed by atoms with Crippen LogP contribution in [0.25, 0.3) is 11.2 Å². The molecule has 0 aromatic carbocycles. The fourth-order valence-electron chi connectivity index (χ4n) is 3.17. The maximum absolute atomic E-state index is 12.3. The van der Waals surface area contributed by atoms with Crippen LogP contribution in [-0.2, 0) is 13.0 Å². The smallest absolute Gasteiger partial charge is 0.360 e. The Hall–Kier alpha value is -2.98. The van der Waals surface area contributed by atoms with Gasteiger partial charge < -0.3 is 14.4 Å². The van der Waals surface area contributed by atoms with Gasteiger partial charge in [-0.25, -0.2) is 15.0 Å². The first-order chi connectivity index (χ1) is 12.9. The Bertz CT molecular complexity index is 980. The second-order valence-corrected chi connectivity index (χ2v) is 6.29. The molecule has 0 unspecified atom stereocenters. The number of nitrogens with zero attached hydrogens (tertiary/aromatic N) is 5. The Kier molecular flexibility index (Phi) is 4.28. The number of nitrogens with one attached hydrogen (secondary N) is 1. The van der Waals surface area contributed by atoms with Gasteiger partial charge >= 0.3 is 6.18 Å². The molecular formula is C16H15F3N6O2. The zero-order chi connectivity index (χ0) is 19.0. The molecule has 0 radical (unpaired) electrons. The van der Waals surface area contributed by atoms with Crippen molar-refractivity contribution in [3.8, 4) is 0 Å². The molecule has 0 amide bonds. The number of ketones is 1. The molecule has 0 saturated carbocycles. The molecule has 0 aliphatic carbocycles. The standard InChI is InChI=1S/C16H15F3N6O2/c17-16(18,19)4-1-2-10(26)12-9-6-25(5-3-11(9)27-24-12)15-13-14(21-7-20-13)22-8-23-15/h7-8H,1-6H2,(H,20,21,22,23). The van der Waals surface area contributed by atoms with Crippen LogP contribution in [0.3, 0.4) is 0 Å². The highest BCUT2D eigenvalue weighted by atomic mass is 19.4. The molecule has 3 aromatic heterocycles. The number of halogens is 3. The fraction of sp³-hybridized carbons (Fsp3) is 0.438. The van der Waals surface area contributed by atoms with Gasteiger partial charge in [0.1, 0.15) is 17.6 Å². The molecule has 27 heavy (non-hydrogen) atoms. The quantitative estimate of drug-likeness (QED) is 0.679. The van der Waals surface area contributed by atoms with Crippen molar-refractivity contribution in [2.24, 2.45) is 0 Å². The molecule has 1 aliphatic rings. The highest BCUT2D eigenvalue weighted by Crippen LogP contribution is 2.29. The molecule has 4 rings (SSSR count). The first-order valence-electron chi connectivity index (χ1n) is 8.39. The normalized spacial score (nSPS) is 14.6. The van der Waals surface area contributed by atoms with E-state index >= 15 is 0 Å². The summed E-state index contributed by atoms with van der Waals surface area (Å²) in [6.07, 6.45) is -2.33. The van der Waals surface area contributed by atoms with Crippen LogP contribution in [0.2, 0.25) is 0 Å². The maximum atomic E-state index is 12.3. The van der Waals surface area contributed by atoms with Crippen LogP contribution in [0, 0.1) is 0 Å². The molecule has 0 spiro atoms. The van der Waals surface area contributed by atoms with Crippen LogP contribution in [0.15, 0.2) is 17.2 Å². The van der Waals surface area contributed by atoms with Gasteiger partial charge in [-0.05, 0) is 6.42 Å². The number of anilines is 1. The number of carbonyl (C=O) groups excluding carboxylic acids is 1. The minimum absolute atomic E-state index is 0.104. The SMILES string of the molecule is O=C(CCCC(F)(F)F)c1noc2c1CN(c1ncnc3nc[nH]c13)CC2. The van der Waals surface area contributed by atoms with Gasteiger partial charge in [0.15, 0.2) is 22.9 Å². The van der Waals surface area contributed by atoms with Gasteiger partial charge in [0, 0.05) is 31.4 Å². The summed E-state index contributed by atoms with van der Waals surface area (Å²) in [5, 5.41) is 3.81. The van der Waals surface area contributed by atoms with E-state index in [4.69, 9.17) is 4.52 Å². The Labute approximate surface area is 150 Å². The predicted molar refractivity (Wildman–Crippen MR) is 87.2 cm³/mol. The van der Waals surface area contributed by atoms with Crippen molar-refractivity contribution in [1.29, 1.82) is 0 Å². The third-order valence-corrected chi connectivity index (χ3v) is 4.46. The lowest BCUT2D eigenvalue weighted by Gasteiger charge is -2.27. The molecule has 0 fully saturated rings. The predicted octanol–water partition coefficient (Wildman–Crippen LogP) is 2.82. The van der Waals surface area contributed by atoms with Gasteiger partial charge in [-0.15, -0.1) is 0 Å². The summed E-state index contributed by atoms with van der Waals surface area (Å²) in [5.74, 6) is 0.778. The number of hydrogen-bond acceptors (Lipinski definition) is 7. The number of hydrogen-bond donors (Lipinski definition) is 1. The average molecular weight is 380 g/mol. The van der Waals surface area contributed by atoms with E-state index < -0.39 is 18.4 Å². The van der Waals surface area contributed by atoms with Gasteiger partial charge in [-0.2, -0.15) is 13.2 Å². The number of Topliss-reactive ketones (excluding diaryl/α,β-unsaturated/α-hetero) is 1. The molecule has 1 aliphatic heterocycles. The van der Waals surface area contributed by atoms with Crippen LogP contribution in [0.1, 0.15) is 41.1 Å². The summed E-state index contributed by atoms with van der Waals surface area (Å²) in [4.78, 5) is 29.7. The van der Waals surface area contributed by atoms with Crippen molar-refractivity contribution >= 4 is 22.8 Å².